The Morgan fingerprint density at radius 1 is 1.21 bits per heavy atom. The van der Waals surface area contributed by atoms with Crippen molar-refractivity contribution < 1.29 is 17.2 Å². The van der Waals surface area contributed by atoms with Crippen molar-refractivity contribution in [1.82, 2.24) is 4.98 Å². The molecule has 148 valence electrons. The number of anilines is 1. The predicted molar refractivity (Wildman–Crippen MR) is 111 cm³/mol. The maximum atomic E-state index is 14.3. The third-order valence-corrected chi connectivity index (χ3v) is 7.28. The molecule has 0 aliphatic heterocycles. The van der Waals surface area contributed by atoms with Crippen molar-refractivity contribution >= 4 is 54.0 Å². The lowest BCUT2D eigenvalue weighted by atomic mass is 10.1. The van der Waals surface area contributed by atoms with Gasteiger partial charge in [-0.2, -0.15) is 0 Å². The molecule has 3 aromatic rings. The molecule has 0 saturated heterocycles. The average molecular weight is 490 g/mol. The Bertz CT molecular complexity index is 1160. The molecule has 0 radical (unpaired) electrons. The second-order valence-corrected chi connectivity index (χ2v) is 10.0. The Morgan fingerprint density at radius 2 is 1.93 bits per heavy atom. The highest BCUT2D eigenvalue weighted by Gasteiger charge is 2.28. The van der Waals surface area contributed by atoms with E-state index in [1.807, 2.05) is 0 Å². The number of hydrogen-bond acceptors (Lipinski definition) is 3. The highest BCUT2D eigenvalue weighted by atomic mass is 79.9. The minimum Gasteiger partial charge on any atom is -0.265 e. The molecule has 0 fully saturated rings. The fourth-order valence-corrected chi connectivity index (χ4v) is 4.69. The number of fused-ring (bicyclic) bond motifs is 1. The number of benzene rings is 2. The number of pyridine rings is 1. The van der Waals surface area contributed by atoms with Crippen LogP contribution in [0.1, 0.15) is 19.4 Å². The van der Waals surface area contributed by atoms with E-state index in [1.54, 1.807) is 32.0 Å². The zero-order valence-corrected chi connectivity index (χ0v) is 18.1. The molecule has 0 atom stereocenters. The molecule has 0 bridgehead atoms. The molecule has 4 nitrogen and oxygen atoms in total. The summed E-state index contributed by atoms with van der Waals surface area (Å²) in [4.78, 5) is 4.06. The van der Waals surface area contributed by atoms with Crippen LogP contribution in [0.4, 0.5) is 14.5 Å². The molecular weight excluding hydrogens is 474 g/mol. The van der Waals surface area contributed by atoms with E-state index in [1.165, 1.54) is 22.6 Å². The van der Waals surface area contributed by atoms with Crippen molar-refractivity contribution in [1.29, 1.82) is 0 Å². The summed E-state index contributed by atoms with van der Waals surface area (Å²) in [6, 6.07) is 8.87. The Hall–Kier alpha value is -1.77. The maximum Gasteiger partial charge on any atom is 0.237 e. The third-order valence-electron chi connectivity index (χ3n) is 4.29. The number of sulfonamides is 1. The molecule has 0 saturated carbocycles. The zero-order valence-electron chi connectivity index (χ0n) is 15.0. The minimum absolute atomic E-state index is 0.0366. The second-order valence-electron chi connectivity index (χ2n) is 6.44. The molecule has 0 N–H and O–H groups in total. The fourth-order valence-electron chi connectivity index (χ4n) is 2.78. The van der Waals surface area contributed by atoms with Crippen LogP contribution in [-0.4, -0.2) is 18.7 Å². The van der Waals surface area contributed by atoms with Crippen LogP contribution in [0.15, 0.2) is 47.2 Å². The summed E-state index contributed by atoms with van der Waals surface area (Å²) in [7, 11) is -3.74. The molecule has 0 spiro atoms. The summed E-state index contributed by atoms with van der Waals surface area (Å²) in [6.45, 7) is 3.03. The van der Waals surface area contributed by atoms with Gasteiger partial charge in [0.1, 0.15) is 4.60 Å². The number of halogens is 4. The van der Waals surface area contributed by atoms with E-state index in [4.69, 9.17) is 11.6 Å². The number of rotatable bonds is 5. The quantitative estimate of drug-likeness (QED) is 0.434. The lowest BCUT2D eigenvalue weighted by Crippen LogP contribution is -2.36. The molecule has 28 heavy (non-hydrogen) atoms. The lowest BCUT2D eigenvalue weighted by Gasteiger charge is -2.27. The Morgan fingerprint density at radius 3 is 2.57 bits per heavy atom. The van der Waals surface area contributed by atoms with Crippen molar-refractivity contribution in [2.45, 2.75) is 25.6 Å². The third kappa shape index (κ3) is 3.86. The van der Waals surface area contributed by atoms with Gasteiger partial charge >= 0.3 is 0 Å². The molecule has 1 aromatic heterocycles. The van der Waals surface area contributed by atoms with Gasteiger partial charge in [0.05, 0.1) is 22.9 Å². The fraction of sp³-hybridized carbons (Fsp3) is 0.211. The number of hydrogen-bond donors (Lipinski definition) is 0. The van der Waals surface area contributed by atoms with Gasteiger partial charge in [-0.05, 0) is 65.0 Å². The lowest BCUT2D eigenvalue weighted by molar-refractivity contribution is 0.516. The van der Waals surface area contributed by atoms with Gasteiger partial charge in [-0.1, -0.05) is 23.7 Å². The predicted octanol–water partition coefficient (Wildman–Crippen LogP) is 5.67. The molecule has 3 rings (SSSR count). The molecule has 2 aromatic carbocycles. The van der Waals surface area contributed by atoms with E-state index >= 15 is 0 Å². The van der Waals surface area contributed by atoms with Crippen molar-refractivity contribution in [3.63, 3.8) is 0 Å². The first-order valence-electron chi connectivity index (χ1n) is 8.31. The molecule has 0 aliphatic rings. The van der Waals surface area contributed by atoms with Gasteiger partial charge in [0.2, 0.25) is 10.0 Å². The van der Waals surface area contributed by atoms with Crippen molar-refractivity contribution in [2.24, 2.45) is 0 Å². The normalized spacial score (nSPS) is 12.0. The monoisotopic (exact) mass is 488 g/mol. The van der Waals surface area contributed by atoms with Crippen LogP contribution < -0.4 is 4.31 Å². The summed E-state index contributed by atoms with van der Waals surface area (Å²) in [5.74, 6) is -2.05. The van der Waals surface area contributed by atoms with Gasteiger partial charge in [-0.25, -0.2) is 22.2 Å². The van der Waals surface area contributed by atoms with E-state index in [9.17, 15) is 17.2 Å². The SMILES string of the molecule is CC(C)S(=O)(=O)N(Cc1cnc(Br)c2c(F)c(F)ccc12)c1cccc(Cl)c1. The van der Waals surface area contributed by atoms with E-state index in [0.29, 0.717) is 21.7 Å². The standard InChI is InChI=1S/C19H16BrClF2N2O2S/c1-11(2)28(26,27)25(14-5-3-4-13(21)8-14)10-12-9-24-19(20)17-15(12)6-7-16(22)18(17)23/h3-9,11H,10H2,1-2H3. The maximum absolute atomic E-state index is 14.3. The number of aromatic nitrogens is 1. The topological polar surface area (TPSA) is 50.3 Å². The first-order valence-corrected chi connectivity index (χ1v) is 11.0. The Balaban J connectivity index is 2.20. The van der Waals surface area contributed by atoms with E-state index in [0.717, 1.165) is 6.07 Å². The van der Waals surface area contributed by atoms with Crippen molar-refractivity contribution in [2.75, 3.05) is 4.31 Å². The van der Waals surface area contributed by atoms with E-state index in [-0.39, 0.29) is 16.5 Å². The molecular formula is C19H16BrClF2N2O2S. The molecule has 0 unspecified atom stereocenters. The highest BCUT2D eigenvalue weighted by molar-refractivity contribution is 9.10. The first kappa shape index (κ1) is 21.0. The molecule has 9 heteroatoms. The van der Waals surface area contributed by atoms with Crippen LogP contribution in [0.5, 0.6) is 0 Å². The first-order chi connectivity index (χ1) is 13.1. The summed E-state index contributed by atoms with van der Waals surface area (Å²) >= 11 is 9.18. The van der Waals surface area contributed by atoms with E-state index < -0.39 is 26.9 Å². The van der Waals surface area contributed by atoms with Gasteiger partial charge in [-0.3, -0.25) is 4.31 Å². The van der Waals surface area contributed by atoms with Gasteiger partial charge < -0.3 is 0 Å². The van der Waals surface area contributed by atoms with E-state index in [2.05, 4.69) is 20.9 Å². The summed E-state index contributed by atoms with van der Waals surface area (Å²) in [5, 5.41) is 0.0148. The van der Waals surface area contributed by atoms with Crippen LogP contribution in [0, 0.1) is 11.6 Å². The van der Waals surface area contributed by atoms with Gasteiger partial charge in [0, 0.05) is 11.2 Å². The molecule has 0 aliphatic carbocycles. The number of nitrogens with zero attached hydrogens (tertiary/aromatic N) is 2. The largest absolute Gasteiger partial charge is 0.265 e. The van der Waals surface area contributed by atoms with Crippen LogP contribution in [0.2, 0.25) is 5.02 Å². The average Bonchev–Trinajstić information content (AvgIpc) is 2.63. The summed E-state index contributed by atoms with van der Waals surface area (Å²) in [5.41, 5.74) is 0.807. The summed E-state index contributed by atoms with van der Waals surface area (Å²) < 4.78 is 55.3. The highest BCUT2D eigenvalue weighted by Crippen LogP contribution is 2.32. The Kier molecular flexibility index (Phi) is 5.93. The van der Waals surface area contributed by atoms with Crippen LogP contribution in [0.25, 0.3) is 10.8 Å². The second kappa shape index (κ2) is 7.93. The van der Waals surface area contributed by atoms with Gasteiger partial charge in [0.25, 0.3) is 0 Å². The molecule has 1 heterocycles. The smallest absolute Gasteiger partial charge is 0.237 e. The zero-order chi connectivity index (χ0) is 20.6. The van der Waals surface area contributed by atoms with Crippen LogP contribution in [-0.2, 0) is 16.6 Å². The Labute approximate surface area is 175 Å². The van der Waals surface area contributed by atoms with Crippen molar-refractivity contribution in [3.05, 3.63) is 69.4 Å². The van der Waals surface area contributed by atoms with Crippen molar-refractivity contribution in [3.8, 4) is 0 Å². The summed E-state index contributed by atoms with van der Waals surface area (Å²) in [6.07, 6.45) is 1.44. The molecule has 0 amide bonds. The van der Waals surface area contributed by atoms with Crippen LogP contribution >= 0.6 is 27.5 Å². The van der Waals surface area contributed by atoms with Gasteiger partial charge in [0.15, 0.2) is 11.6 Å². The van der Waals surface area contributed by atoms with Gasteiger partial charge in [-0.15, -0.1) is 0 Å². The van der Waals surface area contributed by atoms with Crippen LogP contribution in [0.3, 0.4) is 0 Å². The minimum atomic E-state index is -3.74.